The van der Waals surface area contributed by atoms with E-state index in [0.29, 0.717) is 5.11 Å². The average Bonchev–Trinajstić information content (AvgIpc) is 2.82. The minimum Gasteiger partial charge on any atom is -0.322 e. The number of azo groups is 1. The molecule has 1 heterocycles. The van der Waals surface area contributed by atoms with E-state index in [1.165, 1.54) is 12.8 Å². The summed E-state index contributed by atoms with van der Waals surface area (Å²) in [5.41, 5.74) is 0. The lowest BCUT2D eigenvalue weighted by Crippen LogP contribution is -2.34. The summed E-state index contributed by atoms with van der Waals surface area (Å²) >= 11 is 5.10. The van der Waals surface area contributed by atoms with Gasteiger partial charge in [0.25, 0.3) is 0 Å². The Balaban J connectivity index is 2.02. The first-order valence-corrected chi connectivity index (χ1v) is 4.95. The van der Waals surface area contributed by atoms with Crippen molar-refractivity contribution in [1.29, 1.82) is 0 Å². The minimum atomic E-state index is 0.289. The first kappa shape index (κ1) is 8.10. The number of thiocarbonyl (C=S) groups is 1. The van der Waals surface area contributed by atoms with Crippen LogP contribution in [0.1, 0.15) is 26.2 Å². The monoisotopic (exact) mass is 183 g/mol. The first-order chi connectivity index (χ1) is 5.83. The van der Waals surface area contributed by atoms with E-state index < -0.39 is 0 Å². The molecule has 2 rings (SSSR count). The number of hydrogen-bond donors (Lipinski definition) is 0. The van der Waals surface area contributed by atoms with Crippen molar-refractivity contribution in [3.05, 3.63) is 0 Å². The Hall–Kier alpha value is -0.510. The minimum absolute atomic E-state index is 0.289. The Kier molecular flexibility index (Phi) is 2.09. The van der Waals surface area contributed by atoms with Gasteiger partial charge in [-0.15, -0.1) is 5.11 Å². The summed E-state index contributed by atoms with van der Waals surface area (Å²) in [6.07, 6.45) is 4.01. The van der Waals surface area contributed by atoms with Crippen molar-refractivity contribution in [3.63, 3.8) is 0 Å². The SMILES string of the molecule is CCCN1C(=S)N=NC1C1CC1. The Bertz CT molecular complexity index is 222. The highest BCUT2D eigenvalue weighted by Gasteiger charge is 2.39. The zero-order valence-electron chi connectivity index (χ0n) is 7.23. The van der Waals surface area contributed by atoms with Crippen molar-refractivity contribution in [2.24, 2.45) is 16.1 Å². The predicted molar refractivity (Wildman–Crippen MR) is 51.0 cm³/mol. The summed E-state index contributed by atoms with van der Waals surface area (Å²) in [5, 5.41) is 8.84. The highest BCUT2D eigenvalue weighted by atomic mass is 32.1. The van der Waals surface area contributed by atoms with Crippen LogP contribution in [0.2, 0.25) is 0 Å². The number of rotatable bonds is 3. The molecule has 0 amide bonds. The molecule has 3 nitrogen and oxygen atoms in total. The molecule has 1 aliphatic heterocycles. The van der Waals surface area contributed by atoms with Crippen LogP contribution in [-0.2, 0) is 0 Å². The molecular formula is C8H13N3S. The molecule has 0 aromatic carbocycles. The van der Waals surface area contributed by atoms with E-state index in [1.54, 1.807) is 0 Å². The standard InChI is InChI=1S/C8H13N3S/c1-2-5-11-7(6-3-4-6)9-10-8(11)12/h6-7H,2-5H2,1H3. The van der Waals surface area contributed by atoms with Gasteiger partial charge in [0.15, 0.2) is 0 Å². The van der Waals surface area contributed by atoms with Gasteiger partial charge in [-0.3, -0.25) is 0 Å². The summed E-state index contributed by atoms with van der Waals surface area (Å²) in [7, 11) is 0. The molecule has 0 aromatic heterocycles. The van der Waals surface area contributed by atoms with Gasteiger partial charge in [-0.1, -0.05) is 6.92 Å². The van der Waals surface area contributed by atoms with Gasteiger partial charge in [0.05, 0.1) is 0 Å². The van der Waals surface area contributed by atoms with Crippen LogP contribution in [0.15, 0.2) is 10.2 Å². The Morgan fingerprint density at radius 3 is 2.92 bits per heavy atom. The van der Waals surface area contributed by atoms with E-state index >= 15 is 0 Å². The maximum Gasteiger partial charge on any atom is 0.217 e. The van der Waals surface area contributed by atoms with Crippen molar-refractivity contribution >= 4 is 17.3 Å². The fourth-order valence-electron chi connectivity index (χ4n) is 1.55. The predicted octanol–water partition coefficient (Wildman–Crippen LogP) is 2.19. The third kappa shape index (κ3) is 1.35. The van der Waals surface area contributed by atoms with E-state index in [2.05, 4.69) is 22.1 Å². The van der Waals surface area contributed by atoms with Crippen LogP contribution in [-0.4, -0.2) is 22.7 Å². The third-order valence-electron chi connectivity index (χ3n) is 2.33. The molecule has 1 saturated carbocycles. The fraction of sp³-hybridized carbons (Fsp3) is 0.875. The van der Waals surface area contributed by atoms with Gasteiger partial charge in [0.2, 0.25) is 5.11 Å². The van der Waals surface area contributed by atoms with E-state index in [9.17, 15) is 0 Å². The van der Waals surface area contributed by atoms with Crippen molar-refractivity contribution in [1.82, 2.24) is 4.90 Å². The van der Waals surface area contributed by atoms with Gasteiger partial charge in [0.1, 0.15) is 6.17 Å². The van der Waals surface area contributed by atoms with Gasteiger partial charge >= 0.3 is 0 Å². The molecule has 0 radical (unpaired) electrons. The lowest BCUT2D eigenvalue weighted by molar-refractivity contribution is 0.309. The molecule has 1 fully saturated rings. The zero-order chi connectivity index (χ0) is 8.55. The molecule has 66 valence electrons. The van der Waals surface area contributed by atoms with E-state index in [4.69, 9.17) is 12.2 Å². The van der Waals surface area contributed by atoms with Crippen molar-refractivity contribution < 1.29 is 0 Å². The van der Waals surface area contributed by atoms with Crippen LogP contribution >= 0.6 is 12.2 Å². The normalized spacial score (nSPS) is 28.6. The number of nitrogens with zero attached hydrogens (tertiary/aromatic N) is 3. The molecule has 1 unspecified atom stereocenters. The lowest BCUT2D eigenvalue weighted by Gasteiger charge is -2.21. The summed E-state index contributed by atoms with van der Waals surface area (Å²) in [6, 6.07) is 0. The van der Waals surface area contributed by atoms with Gasteiger partial charge in [0, 0.05) is 12.5 Å². The van der Waals surface area contributed by atoms with Crippen molar-refractivity contribution in [3.8, 4) is 0 Å². The van der Waals surface area contributed by atoms with E-state index in [1.807, 2.05) is 0 Å². The van der Waals surface area contributed by atoms with E-state index in [-0.39, 0.29) is 6.17 Å². The average molecular weight is 183 g/mol. The lowest BCUT2D eigenvalue weighted by atomic mass is 10.3. The van der Waals surface area contributed by atoms with Crippen LogP contribution in [0.25, 0.3) is 0 Å². The van der Waals surface area contributed by atoms with Crippen LogP contribution in [0.4, 0.5) is 0 Å². The first-order valence-electron chi connectivity index (χ1n) is 4.54. The van der Waals surface area contributed by atoms with Gasteiger partial charge in [-0.25, -0.2) is 0 Å². The van der Waals surface area contributed by atoms with Gasteiger partial charge in [-0.05, 0) is 31.5 Å². The van der Waals surface area contributed by atoms with Crippen molar-refractivity contribution in [2.45, 2.75) is 32.4 Å². The van der Waals surface area contributed by atoms with Gasteiger partial charge in [-0.2, -0.15) is 5.11 Å². The second kappa shape index (κ2) is 3.09. The highest BCUT2D eigenvalue weighted by molar-refractivity contribution is 7.80. The van der Waals surface area contributed by atoms with Crippen LogP contribution in [0.5, 0.6) is 0 Å². The van der Waals surface area contributed by atoms with Crippen LogP contribution < -0.4 is 0 Å². The molecular weight excluding hydrogens is 170 g/mol. The number of hydrogen-bond acceptors (Lipinski definition) is 2. The molecule has 0 bridgehead atoms. The Morgan fingerprint density at radius 2 is 2.33 bits per heavy atom. The smallest absolute Gasteiger partial charge is 0.217 e. The second-order valence-electron chi connectivity index (χ2n) is 3.44. The Morgan fingerprint density at radius 1 is 1.58 bits per heavy atom. The molecule has 1 atom stereocenters. The summed E-state index contributed by atoms with van der Waals surface area (Å²) < 4.78 is 0. The molecule has 12 heavy (non-hydrogen) atoms. The summed E-state index contributed by atoms with van der Waals surface area (Å²) in [6.45, 7) is 3.16. The summed E-state index contributed by atoms with van der Waals surface area (Å²) in [4.78, 5) is 2.16. The van der Waals surface area contributed by atoms with Crippen LogP contribution in [0.3, 0.4) is 0 Å². The zero-order valence-corrected chi connectivity index (χ0v) is 8.05. The maximum absolute atomic E-state index is 5.10. The molecule has 2 aliphatic rings. The highest BCUT2D eigenvalue weighted by Crippen LogP contribution is 2.38. The molecule has 4 heteroatoms. The Labute approximate surface area is 77.8 Å². The second-order valence-corrected chi connectivity index (χ2v) is 3.81. The third-order valence-corrected chi connectivity index (χ3v) is 2.65. The van der Waals surface area contributed by atoms with Crippen LogP contribution in [0, 0.1) is 5.92 Å². The molecule has 1 aliphatic carbocycles. The molecule has 0 spiro atoms. The largest absolute Gasteiger partial charge is 0.322 e. The molecule has 0 saturated heterocycles. The van der Waals surface area contributed by atoms with Crippen molar-refractivity contribution in [2.75, 3.05) is 6.54 Å². The topological polar surface area (TPSA) is 28.0 Å². The summed E-state index contributed by atoms with van der Waals surface area (Å²) in [5.74, 6) is 0.737. The van der Waals surface area contributed by atoms with Gasteiger partial charge < -0.3 is 4.90 Å². The molecule has 0 aromatic rings. The fourth-order valence-corrected chi connectivity index (χ4v) is 1.80. The maximum atomic E-state index is 5.10. The van der Waals surface area contributed by atoms with E-state index in [0.717, 1.165) is 18.9 Å². The quantitative estimate of drug-likeness (QED) is 0.627. The molecule has 0 N–H and O–H groups in total.